The molecule has 0 saturated heterocycles. The van der Waals surface area contributed by atoms with Gasteiger partial charge in [0.15, 0.2) is 0 Å². The first kappa shape index (κ1) is 22.3. The van der Waals surface area contributed by atoms with Crippen LogP contribution in [0.2, 0.25) is 0 Å². The van der Waals surface area contributed by atoms with Gasteiger partial charge >= 0.3 is 5.97 Å². The highest BCUT2D eigenvalue weighted by molar-refractivity contribution is 7.11. The van der Waals surface area contributed by atoms with Gasteiger partial charge in [-0.1, -0.05) is 68.7 Å². The second kappa shape index (κ2) is 11.7. The van der Waals surface area contributed by atoms with Crippen LogP contribution < -0.4 is 5.32 Å². The van der Waals surface area contributed by atoms with Gasteiger partial charge in [-0.2, -0.15) is 5.26 Å². The average molecular weight is 432 g/mol. The summed E-state index contributed by atoms with van der Waals surface area (Å²) in [7, 11) is 0. The van der Waals surface area contributed by atoms with E-state index in [4.69, 9.17) is 4.74 Å². The Hall–Kier alpha value is -3.43. The molecule has 1 aromatic heterocycles. The Bertz CT molecular complexity index is 1070. The molecule has 0 unspecified atom stereocenters. The van der Waals surface area contributed by atoms with Gasteiger partial charge in [0.1, 0.15) is 16.6 Å². The molecule has 0 atom stereocenters. The molecule has 0 aliphatic carbocycles. The number of benzene rings is 2. The topological polar surface area (TPSA) is 75.0 Å². The van der Waals surface area contributed by atoms with Crippen LogP contribution in [0.5, 0.6) is 0 Å². The van der Waals surface area contributed by atoms with E-state index in [1.54, 1.807) is 24.4 Å². The molecule has 158 valence electrons. The van der Waals surface area contributed by atoms with Crippen LogP contribution in [0.25, 0.3) is 16.8 Å². The second-order valence-electron chi connectivity index (χ2n) is 6.96. The van der Waals surface area contributed by atoms with E-state index in [2.05, 4.69) is 23.3 Å². The molecule has 2 aromatic carbocycles. The van der Waals surface area contributed by atoms with Crippen LogP contribution in [0.3, 0.4) is 0 Å². The molecule has 0 fully saturated rings. The molecule has 0 spiro atoms. The van der Waals surface area contributed by atoms with Gasteiger partial charge in [0.2, 0.25) is 0 Å². The molecule has 0 amide bonds. The maximum atomic E-state index is 12.5. The number of rotatable bonds is 10. The van der Waals surface area contributed by atoms with E-state index in [0.717, 1.165) is 36.9 Å². The summed E-state index contributed by atoms with van der Waals surface area (Å²) in [6, 6.07) is 19.1. The summed E-state index contributed by atoms with van der Waals surface area (Å²) in [5.74, 6) is -0.368. The fourth-order valence-electron chi connectivity index (χ4n) is 2.99. The highest BCUT2D eigenvalue weighted by Gasteiger charge is 2.13. The number of carbonyl (C=O) groups excluding carboxylic acids is 1. The highest BCUT2D eigenvalue weighted by Crippen LogP contribution is 2.26. The molecule has 3 aromatic rings. The maximum Gasteiger partial charge on any atom is 0.340 e. The highest BCUT2D eigenvalue weighted by atomic mass is 32.1. The van der Waals surface area contributed by atoms with Gasteiger partial charge in [0.25, 0.3) is 0 Å². The van der Waals surface area contributed by atoms with Crippen molar-refractivity contribution in [3.63, 3.8) is 0 Å². The lowest BCUT2D eigenvalue weighted by Gasteiger charge is -2.09. The van der Waals surface area contributed by atoms with Crippen molar-refractivity contribution in [2.24, 2.45) is 0 Å². The number of allylic oxidation sites excluding steroid dienone is 1. The monoisotopic (exact) mass is 431 g/mol. The van der Waals surface area contributed by atoms with Crippen molar-refractivity contribution in [1.82, 2.24) is 4.98 Å². The molecule has 1 N–H and O–H groups in total. The van der Waals surface area contributed by atoms with Gasteiger partial charge in [0, 0.05) is 17.1 Å². The summed E-state index contributed by atoms with van der Waals surface area (Å²) < 4.78 is 5.41. The summed E-state index contributed by atoms with van der Waals surface area (Å²) in [4.78, 5) is 17.1. The molecule has 5 nitrogen and oxygen atoms in total. The number of nitriles is 1. The van der Waals surface area contributed by atoms with Crippen LogP contribution in [0.15, 0.2) is 66.2 Å². The lowest BCUT2D eigenvalue weighted by atomic mass is 10.1. The van der Waals surface area contributed by atoms with E-state index in [1.807, 2.05) is 41.8 Å². The smallest absolute Gasteiger partial charge is 0.340 e. The number of esters is 1. The number of anilines is 1. The number of unbranched alkanes of at least 4 members (excludes halogenated alkanes) is 3. The first-order chi connectivity index (χ1) is 15.2. The van der Waals surface area contributed by atoms with Gasteiger partial charge in [-0.3, -0.25) is 0 Å². The molecule has 0 saturated carbocycles. The van der Waals surface area contributed by atoms with Crippen LogP contribution in [-0.4, -0.2) is 17.6 Å². The summed E-state index contributed by atoms with van der Waals surface area (Å²) >= 11 is 1.41. The van der Waals surface area contributed by atoms with Crippen LogP contribution in [0, 0.1) is 11.3 Å². The van der Waals surface area contributed by atoms with Crippen molar-refractivity contribution in [3.8, 4) is 17.3 Å². The zero-order chi connectivity index (χ0) is 21.9. The molecule has 3 rings (SSSR count). The fourth-order valence-corrected chi connectivity index (χ4v) is 3.78. The molecule has 0 bridgehead atoms. The predicted molar refractivity (Wildman–Crippen MR) is 126 cm³/mol. The summed E-state index contributed by atoms with van der Waals surface area (Å²) in [6.45, 7) is 2.55. The largest absolute Gasteiger partial charge is 0.462 e. The molecule has 1 heterocycles. The van der Waals surface area contributed by atoms with Gasteiger partial charge in [-0.15, -0.1) is 11.3 Å². The van der Waals surface area contributed by atoms with Gasteiger partial charge < -0.3 is 10.1 Å². The van der Waals surface area contributed by atoms with Gasteiger partial charge in [0.05, 0.1) is 23.6 Å². The van der Waals surface area contributed by atoms with Crippen molar-refractivity contribution in [2.45, 2.75) is 32.6 Å². The summed E-state index contributed by atoms with van der Waals surface area (Å²) in [5, 5.41) is 15.3. The third kappa shape index (κ3) is 6.27. The average Bonchev–Trinajstić information content (AvgIpc) is 3.30. The van der Waals surface area contributed by atoms with Gasteiger partial charge in [-0.05, 0) is 18.6 Å². The van der Waals surface area contributed by atoms with Crippen LogP contribution in [-0.2, 0) is 4.74 Å². The quantitative estimate of drug-likeness (QED) is 0.225. The van der Waals surface area contributed by atoms with E-state index >= 15 is 0 Å². The Balaban J connectivity index is 1.70. The van der Waals surface area contributed by atoms with Crippen LogP contribution >= 0.6 is 11.3 Å². The number of nitrogens with zero attached hydrogens (tertiary/aromatic N) is 2. The number of carbonyl (C=O) groups is 1. The lowest BCUT2D eigenvalue weighted by Crippen LogP contribution is -2.09. The zero-order valence-corrected chi connectivity index (χ0v) is 18.3. The summed E-state index contributed by atoms with van der Waals surface area (Å²) in [6.07, 6.45) is 5.78. The third-order valence-corrected chi connectivity index (χ3v) is 5.55. The minimum Gasteiger partial charge on any atom is -0.462 e. The standard InChI is InChI=1S/C25H25N3O2S/c1-2-3-4-10-15-30-25(29)21-13-8-9-14-22(21)27-17-20(16-26)24-28-23(18-31-24)19-11-6-5-7-12-19/h5-9,11-14,17-18,27H,2-4,10,15H2,1H3. The predicted octanol–water partition coefficient (Wildman–Crippen LogP) is 6.52. The minimum atomic E-state index is -0.368. The number of para-hydroxylation sites is 1. The SMILES string of the molecule is CCCCCCOC(=O)c1ccccc1NC=C(C#N)c1nc(-c2ccccc2)cs1. The number of thiazole rings is 1. The number of hydrogen-bond donors (Lipinski definition) is 1. The van der Waals surface area contributed by atoms with E-state index in [-0.39, 0.29) is 5.97 Å². The molecule has 0 aliphatic rings. The van der Waals surface area contributed by atoms with Crippen molar-refractivity contribution in [1.29, 1.82) is 5.26 Å². The first-order valence-electron chi connectivity index (χ1n) is 10.4. The number of hydrogen-bond acceptors (Lipinski definition) is 6. The van der Waals surface area contributed by atoms with Crippen LogP contribution in [0.1, 0.15) is 48.0 Å². The third-order valence-electron chi connectivity index (χ3n) is 4.67. The molecular formula is C25H25N3O2S. The molecule has 0 radical (unpaired) electrons. The zero-order valence-electron chi connectivity index (χ0n) is 17.5. The van der Waals surface area contributed by atoms with E-state index in [1.165, 1.54) is 11.3 Å². The van der Waals surface area contributed by atoms with Crippen molar-refractivity contribution < 1.29 is 9.53 Å². The summed E-state index contributed by atoms with van der Waals surface area (Å²) in [5.41, 5.74) is 3.26. The Morgan fingerprint density at radius 2 is 1.90 bits per heavy atom. The normalized spacial score (nSPS) is 11.0. The molecule has 6 heteroatoms. The van der Waals surface area contributed by atoms with Gasteiger partial charge in [-0.25, -0.2) is 9.78 Å². The maximum absolute atomic E-state index is 12.5. The van der Waals surface area contributed by atoms with E-state index in [0.29, 0.717) is 28.4 Å². The molecule has 0 aliphatic heterocycles. The molecule has 31 heavy (non-hydrogen) atoms. The number of ether oxygens (including phenoxy) is 1. The fraction of sp³-hybridized carbons (Fsp3) is 0.240. The minimum absolute atomic E-state index is 0.368. The lowest BCUT2D eigenvalue weighted by molar-refractivity contribution is 0.0499. The Morgan fingerprint density at radius 3 is 2.68 bits per heavy atom. The van der Waals surface area contributed by atoms with E-state index < -0.39 is 0 Å². The van der Waals surface area contributed by atoms with Crippen molar-refractivity contribution >= 4 is 28.6 Å². The first-order valence-corrected chi connectivity index (χ1v) is 11.2. The number of aromatic nitrogens is 1. The Kier molecular flexibility index (Phi) is 8.39. The van der Waals surface area contributed by atoms with E-state index in [9.17, 15) is 10.1 Å². The Labute approximate surface area is 187 Å². The van der Waals surface area contributed by atoms with Crippen molar-refractivity contribution in [2.75, 3.05) is 11.9 Å². The Morgan fingerprint density at radius 1 is 1.13 bits per heavy atom. The second-order valence-corrected chi connectivity index (χ2v) is 7.82. The van der Waals surface area contributed by atoms with Crippen LogP contribution in [0.4, 0.5) is 5.69 Å². The molecular weight excluding hydrogens is 406 g/mol. The van der Waals surface area contributed by atoms with Crippen molar-refractivity contribution in [3.05, 3.63) is 76.7 Å². The number of nitrogens with one attached hydrogen (secondary N) is 1.